The smallest absolute Gasteiger partial charge is 0.457 e. The second-order valence-corrected chi connectivity index (χ2v) is 15.2. The number of hydrogen-bond acceptors (Lipinski definition) is 5. The van der Waals surface area contributed by atoms with Crippen molar-refractivity contribution >= 4 is 13.8 Å². The molecule has 0 aromatic rings. The third kappa shape index (κ3) is 41.3. The summed E-state index contributed by atoms with van der Waals surface area (Å²) in [5, 5.41) is 0. The third-order valence-electron chi connectivity index (χ3n) is 9.00. The van der Waals surface area contributed by atoms with Crippen LogP contribution in [0.15, 0.2) is 24.3 Å². The van der Waals surface area contributed by atoms with E-state index >= 15 is 0 Å². The molecule has 0 bridgehead atoms. The van der Waals surface area contributed by atoms with Crippen molar-refractivity contribution < 1.29 is 33.1 Å². The number of carbonyl (C=O) groups excluding carboxylic acids is 1. The van der Waals surface area contributed by atoms with E-state index in [-0.39, 0.29) is 19.2 Å². The first-order chi connectivity index (χ1) is 23.9. The number of ether oxygens (including phenoxy) is 2. The lowest BCUT2D eigenvalue weighted by molar-refractivity contribution is -0.154. The highest BCUT2D eigenvalue weighted by atomic mass is 31.2. The van der Waals surface area contributed by atoms with Crippen molar-refractivity contribution in [2.75, 3.05) is 19.8 Å². The topological polar surface area (TPSA) is 102 Å². The summed E-state index contributed by atoms with van der Waals surface area (Å²) in [7, 11) is -4.65. The lowest BCUT2D eigenvalue weighted by Gasteiger charge is -2.18. The number of phosphoric acid groups is 1. The summed E-state index contributed by atoms with van der Waals surface area (Å²) in [6, 6.07) is 0. The molecule has 0 saturated heterocycles. The maximum absolute atomic E-state index is 12.4. The Balaban J connectivity index is 3.78. The van der Waals surface area contributed by atoms with E-state index in [1.54, 1.807) is 0 Å². The first-order valence-electron chi connectivity index (χ1n) is 20.7. The summed E-state index contributed by atoms with van der Waals surface area (Å²) >= 11 is 0. The Hall–Kier alpha value is -0.980. The summed E-state index contributed by atoms with van der Waals surface area (Å²) in [5.74, 6) is -0.364. The number of hydrogen-bond donors (Lipinski definition) is 2. The number of unbranched alkanes of at least 4 members (excludes halogenated alkanes) is 25. The van der Waals surface area contributed by atoms with Gasteiger partial charge in [-0.05, 0) is 44.9 Å². The van der Waals surface area contributed by atoms with Crippen molar-refractivity contribution in [3.05, 3.63) is 24.3 Å². The molecule has 0 amide bonds. The third-order valence-corrected chi connectivity index (χ3v) is 9.49. The van der Waals surface area contributed by atoms with Crippen LogP contribution in [0.25, 0.3) is 0 Å². The molecule has 0 spiro atoms. The predicted molar refractivity (Wildman–Crippen MR) is 207 cm³/mol. The Morgan fingerprint density at radius 2 is 0.959 bits per heavy atom. The van der Waals surface area contributed by atoms with E-state index in [1.165, 1.54) is 148 Å². The number of allylic oxidation sites excluding steroid dienone is 4. The molecule has 8 heteroatoms. The van der Waals surface area contributed by atoms with Gasteiger partial charge in [-0.15, -0.1) is 0 Å². The van der Waals surface area contributed by atoms with Crippen LogP contribution in [0.3, 0.4) is 0 Å². The van der Waals surface area contributed by atoms with Crippen molar-refractivity contribution in [2.24, 2.45) is 0 Å². The maximum Gasteiger partial charge on any atom is 0.469 e. The van der Waals surface area contributed by atoms with Crippen LogP contribution >= 0.6 is 7.82 Å². The van der Waals surface area contributed by atoms with Crippen LogP contribution in [-0.2, 0) is 23.4 Å². The molecule has 0 fully saturated rings. The summed E-state index contributed by atoms with van der Waals surface area (Å²) in [6.07, 6.45) is 44.5. The molecule has 0 saturated carbocycles. The van der Waals surface area contributed by atoms with Gasteiger partial charge in [-0.1, -0.05) is 179 Å². The molecule has 49 heavy (non-hydrogen) atoms. The lowest BCUT2D eigenvalue weighted by Crippen LogP contribution is -2.28. The molecule has 0 aromatic heterocycles. The number of esters is 1. The zero-order valence-corrected chi connectivity index (χ0v) is 33.0. The maximum atomic E-state index is 12.4. The Morgan fingerprint density at radius 1 is 0.551 bits per heavy atom. The molecule has 290 valence electrons. The van der Waals surface area contributed by atoms with Crippen LogP contribution in [0, 0.1) is 0 Å². The first-order valence-corrected chi connectivity index (χ1v) is 22.2. The van der Waals surface area contributed by atoms with E-state index in [0.29, 0.717) is 13.0 Å². The van der Waals surface area contributed by atoms with Gasteiger partial charge in [0.05, 0.1) is 13.2 Å². The van der Waals surface area contributed by atoms with Gasteiger partial charge in [-0.25, -0.2) is 4.57 Å². The van der Waals surface area contributed by atoms with Gasteiger partial charge < -0.3 is 19.3 Å². The van der Waals surface area contributed by atoms with E-state index in [2.05, 4.69) is 42.7 Å². The van der Waals surface area contributed by atoms with Crippen LogP contribution in [-0.4, -0.2) is 41.7 Å². The highest BCUT2D eigenvalue weighted by molar-refractivity contribution is 7.46. The summed E-state index contributed by atoms with van der Waals surface area (Å²) in [4.78, 5) is 30.6. The van der Waals surface area contributed by atoms with Crippen LogP contribution in [0.4, 0.5) is 0 Å². The van der Waals surface area contributed by atoms with Gasteiger partial charge in [-0.2, -0.15) is 0 Å². The van der Waals surface area contributed by atoms with Gasteiger partial charge in [0.25, 0.3) is 0 Å². The minimum Gasteiger partial charge on any atom is -0.457 e. The monoisotopic (exact) mass is 715 g/mol. The normalized spacial score (nSPS) is 12.8. The van der Waals surface area contributed by atoms with E-state index in [4.69, 9.17) is 19.3 Å². The predicted octanol–water partition coefficient (Wildman–Crippen LogP) is 12.9. The second-order valence-electron chi connectivity index (χ2n) is 14.0. The standard InChI is InChI=1S/C41H79O7P/c1-3-5-7-9-11-13-15-17-19-20-21-22-23-24-26-28-30-32-34-36-41(42)48-40(39-47-49(43,44)45)38-46-37-35-33-31-29-27-25-18-16-14-12-10-8-6-4-2/h11,13,17,19,40H,3-10,12,14-16,18,20-39H2,1-2H3,(H2,43,44,45)/b13-11-,19-17-/t40-/m1/s1. The van der Waals surface area contributed by atoms with Crippen molar-refractivity contribution in [2.45, 2.75) is 213 Å². The Kier molecular flexibility index (Phi) is 37.5. The number of phosphoric ester groups is 1. The molecular weight excluding hydrogens is 635 g/mol. The van der Waals surface area contributed by atoms with Gasteiger partial charge in [0.1, 0.15) is 6.10 Å². The van der Waals surface area contributed by atoms with Crippen molar-refractivity contribution in [3.8, 4) is 0 Å². The molecule has 2 N–H and O–H groups in total. The van der Waals surface area contributed by atoms with Gasteiger partial charge >= 0.3 is 13.8 Å². The molecule has 0 heterocycles. The molecular formula is C41H79O7P. The van der Waals surface area contributed by atoms with E-state index in [1.807, 2.05) is 0 Å². The lowest BCUT2D eigenvalue weighted by atomic mass is 10.0. The fraction of sp³-hybridized carbons (Fsp3) is 0.878. The van der Waals surface area contributed by atoms with Gasteiger partial charge in [0, 0.05) is 13.0 Å². The molecule has 0 rings (SSSR count). The largest absolute Gasteiger partial charge is 0.469 e. The van der Waals surface area contributed by atoms with Crippen molar-refractivity contribution in [1.82, 2.24) is 0 Å². The molecule has 1 atom stereocenters. The van der Waals surface area contributed by atoms with Gasteiger partial charge in [0.2, 0.25) is 0 Å². The van der Waals surface area contributed by atoms with Crippen LogP contribution in [0.5, 0.6) is 0 Å². The molecule has 0 aliphatic rings. The minimum atomic E-state index is -4.65. The van der Waals surface area contributed by atoms with Gasteiger partial charge in [-0.3, -0.25) is 9.32 Å². The summed E-state index contributed by atoms with van der Waals surface area (Å²) in [6.45, 7) is 4.75. The summed E-state index contributed by atoms with van der Waals surface area (Å²) in [5.41, 5.74) is 0. The molecule has 0 aliphatic heterocycles. The van der Waals surface area contributed by atoms with E-state index in [0.717, 1.165) is 38.5 Å². The zero-order valence-electron chi connectivity index (χ0n) is 32.1. The second kappa shape index (κ2) is 38.3. The zero-order chi connectivity index (χ0) is 35.9. The Morgan fingerprint density at radius 3 is 1.45 bits per heavy atom. The fourth-order valence-corrected chi connectivity index (χ4v) is 6.30. The van der Waals surface area contributed by atoms with Crippen LogP contribution < -0.4 is 0 Å². The van der Waals surface area contributed by atoms with E-state index in [9.17, 15) is 9.36 Å². The molecule has 0 aliphatic carbocycles. The number of rotatable bonds is 39. The molecule has 0 aromatic carbocycles. The average Bonchev–Trinajstić information content (AvgIpc) is 3.07. The number of carbonyl (C=O) groups is 1. The van der Waals surface area contributed by atoms with Crippen LogP contribution in [0.1, 0.15) is 206 Å². The van der Waals surface area contributed by atoms with Crippen molar-refractivity contribution in [1.29, 1.82) is 0 Å². The minimum absolute atomic E-state index is 0.0804. The van der Waals surface area contributed by atoms with Crippen molar-refractivity contribution in [3.63, 3.8) is 0 Å². The van der Waals surface area contributed by atoms with Gasteiger partial charge in [0.15, 0.2) is 0 Å². The SMILES string of the molecule is CCCCC/C=C\C/C=C\CCCCCCCCCCCC(=O)O[C@H](COCCCCCCCCCCCCCCCC)COP(=O)(O)O. The Labute approximate surface area is 303 Å². The molecule has 0 unspecified atom stereocenters. The van der Waals surface area contributed by atoms with Crippen LogP contribution in [0.2, 0.25) is 0 Å². The highest BCUT2D eigenvalue weighted by Crippen LogP contribution is 2.36. The first kappa shape index (κ1) is 48.0. The fourth-order valence-electron chi connectivity index (χ4n) is 5.94. The highest BCUT2D eigenvalue weighted by Gasteiger charge is 2.21. The van der Waals surface area contributed by atoms with E-state index < -0.39 is 13.9 Å². The molecule has 7 nitrogen and oxygen atoms in total. The summed E-state index contributed by atoms with van der Waals surface area (Å²) < 4.78 is 27.0. The average molecular weight is 715 g/mol. The Bertz CT molecular complexity index is 795. The quantitative estimate of drug-likeness (QED) is 0.0283. The molecule has 0 radical (unpaired) electrons.